The topological polar surface area (TPSA) is 92.1 Å². The van der Waals surface area contributed by atoms with Crippen molar-refractivity contribution in [3.8, 4) is 0 Å². The lowest BCUT2D eigenvalue weighted by Gasteiger charge is -2.28. The number of aromatic nitrogens is 3. The predicted octanol–water partition coefficient (Wildman–Crippen LogP) is 2.67. The molecule has 2 aromatic rings. The van der Waals surface area contributed by atoms with Crippen LogP contribution in [0, 0.1) is 0 Å². The summed E-state index contributed by atoms with van der Waals surface area (Å²) in [5.41, 5.74) is 0.191. The SMILES string of the molecule is CC(C)(C)OC(=O)N1CCCC1CNc1ccc2ncc(N3CCCC3=O)n2n1. The van der Waals surface area contributed by atoms with Crippen LogP contribution in [0.2, 0.25) is 0 Å². The van der Waals surface area contributed by atoms with Crippen LogP contribution in [-0.4, -0.2) is 62.8 Å². The Hall–Kier alpha value is -2.84. The van der Waals surface area contributed by atoms with Gasteiger partial charge in [0.1, 0.15) is 11.4 Å². The van der Waals surface area contributed by atoms with Gasteiger partial charge >= 0.3 is 6.09 Å². The van der Waals surface area contributed by atoms with Gasteiger partial charge in [-0.2, -0.15) is 4.52 Å². The Bertz CT molecular complexity index is 919. The van der Waals surface area contributed by atoms with Gasteiger partial charge in [0.05, 0.1) is 12.2 Å². The first-order valence-electron chi connectivity index (χ1n) is 10.2. The molecule has 2 aliphatic rings. The van der Waals surface area contributed by atoms with Crippen molar-refractivity contribution in [2.75, 3.05) is 29.9 Å². The first-order valence-corrected chi connectivity index (χ1v) is 10.2. The smallest absolute Gasteiger partial charge is 0.410 e. The minimum atomic E-state index is -0.505. The monoisotopic (exact) mass is 400 g/mol. The number of anilines is 2. The molecule has 0 spiro atoms. The van der Waals surface area contributed by atoms with Gasteiger partial charge in [0, 0.05) is 26.1 Å². The predicted molar refractivity (Wildman–Crippen MR) is 109 cm³/mol. The van der Waals surface area contributed by atoms with Crippen LogP contribution in [-0.2, 0) is 9.53 Å². The minimum absolute atomic E-state index is 0.0600. The molecule has 1 N–H and O–H groups in total. The van der Waals surface area contributed by atoms with Crippen LogP contribution in [0.1, 0.15) is 46.5 Å². The highest BCUT2D eigenvalue weighted by Gasteiger charge is 2.32. The Morgan fingerprint density at radius 3 is 2.83 bits per heavy atom. The van der Waals surface area contributed by atoms with E-state index in [9.17, 15) is 9.59 Å². The summed E-state index contributed by atoms with van der Waals surface area (Å²) >= 11 is 0. The van der Waals surface area contributed by atoms with Crippen molar-refractivity contribution < 1.29 is 14.3 Å². The number of hydrogen-bond acceptors (Lipinski definition) is 6. The molecule has 1 atom stereocenters. The fourth-order valence-corrected chi connectivity index (χ4v) is 3.86. The summed E-state index contributed by atoms with van der Waals surface area (Å²) < 4.78 is 7.23. The summed E-state index contributed by atoms with van der Waals surface area (Å²) in [6.45, 7) is 7.61. The Kier molecular flexibility index (Phi) is 5.06. The third-order valence-electron chi connectivity index (χ3n) is 5.22. The first-order chi connectivity index (χ1) is 13.8. The molecule has 0 aliphatic carbocycles. The van der Waals surface area contributed by atoms with E-state index >= 15 is 0 Å². The number of rotatable bonds is 4. The Morgan fingerprint density at radius 2 is 2.10 bits per heavy atom. The van der Waals surface area contributed by atoms with E-state index in [4.69, 9.17) is 4.74 Å². The number of nitrogens with one attached hydrogen (secondary N) is 1. The fourth-order valence-electron chi connectivity index (χ4n) is 3.86. The van der Waals surface area contributed by atoms with E-state index in [0.717, 1.165) is 19.3 Å². The lowest BCUT2D eigenvalue weighted by molar-refractivity contribution is -0.117. The summed E-state index contributed by atoms with van der Waals surface area (Å²) in [4.78, 5) is 32.4. The molecule has 0 aromatic carbocycles. The number of carbonyl (C=O) groups is 2. The average Bonchev–Trinajstić information content (AvgIpc) is 3.37. The van der Waals surface area contributed by atoms with Crippen LogP contribution in [0.5, 0.6) is 0 Å². The third kappa shape index (κ3) is 4.13. The molecule has 2 saturated heterocycles. The van der Waals surface area contributed by atoms with Gasteiger partial charge in [-0.25, -0.2) is 9.78 Å². The van der Waals surface area contributed by atoms with Gasteiger partial charge in [0.15, 0.2) is 11.5 Å². The maximum atomic E-state index is 12.5. The molecule has 9 heteroatoms. The number of carbonyl (C=O) groups excluding carboxylic acids is 2. The highest BCUT2D eigenvalue weighted by molar-refractivity contribution is 5.94. The molecule has 0 radical (unpaired) electrons. The van der Waals surface area contributed by atoms with Gasteiger partial charge in [0.25, 0.3) is 0 Å². The van der Waals surface area contributed by atoms with Gasteiger partial charge in [-0.15, -0.1) is 5.10 Å². The third-order valence-corrected chi connectivity index (χ3v) is 5.22. The van der Waals surface area contributed by atoms with Crippen LogP contribution in [0.3, 0.4) is 0 Å². The summed E-state index contributed by atoms with van der Waals surface area (Å²) in [6, 6.07) is 3.80. The molecule has 1 unspecified atom stereocenters. The Balaban J connectivity index is 1.45. The maximum Gasteiger partial charge on any atom is 0.410 e. The molecule has 0 saturated carbocycles. The maximum absolute atomic E-state index is 12.5. The molecule has 0 bridgehead atoms. The number of nitrogens with zero attached hydrogens (tertiary/aromatic N) is 5. The van der Waals surface area contributed by atoms with Gasteiger partial charge < -0.3 is 15.0 Å². The quantitative estimate of drug-likeness (QED) is 0.848. The highest BCUT2D eigenvalue weighted by Crippen LogP contribution is 2.24. The van der Waals surface area contributed by atoms with Gasteiger partial charge in [-0.05, 0) is 52.2 Å². The molecule has 156 valence electrons. The molecule has 2 fully saturated rings. The molecule has 4 rings (SSSR count). The van der Waals surface area contributed by atoms with Crippen LogP contribution in [0.25, 0.3) is 5.65 Å². The molecule has 2 amide bonds. The zero-order chi connectivity index (χ0) is 20.6. The zero-order valence-electron chi connectivity index (χ0n) is 17.2. The number of likely N-dealkylation sites (tertiary alicyclic amines) is 1. The lowest BCUT2D eigenvalue weighted by Crippen LogP contribution is -2.42. The van der Waals surface area contributed by atoms with Crippen LogP contribution in [0.15, 0.2) is 18.3 Å². The number of hydrogen-bond donors (Lipinski definition) is 1. The second-order valence-corrected chi connectivity index (χ2v) is 8.60. The van der Waals surface area contributed by atoms with Crippen molar-refractivity contribution in [2.45, 2.75) is 58.1 Å². The van der Waals surface area contributed by atoms with Crippen molar-refractivity contribution in [1.29, 1.82) is 0 Å². The van der Waals surface area contributed by atoms with Gasteiger partial charge in [0.2, 0.25) is 5.91 Å². The standard InChI is InChI=1S/C20H28N6O3/c1-20(2,3)29-19(28)24-10-4-6-14(24)12-21-15-8-9-16-22-13-17(26(16)23-15)25-11-5-7-18(25)27/h8-9,13-14H,4-7,10-12H2,1-3H3,(H,21,23). The highest BCUT2D eigenvalue weighted by atomic mass is 16.6. The molecular formula is C20H28N6O3. The molecule has 29 heavy (non-hydrogen) atoms. The summed E-state index contributed by atoms with van der Waals surface area (Å²) in [5, 5.41) is 7.95. The van der Waals surface area contributed by atoms with Crippen molar-refractivity contribution in [2.24, 2.45) is 0 Å². The van der Waals surface area contributed by atoms with E-state index in [1.807, 2.05) is 32.9 Å². The second kappa shape index (κ2) is 7.53. The largest absolute Gasteiger partial charge is 0.444 e. The molecule has 2 aliphatic heterocycles. The van der Waals surface area contributed by atoms with Crippen molar-refractivity contribution in [3.63, 3.8) is 0 Å². The Morgan fingerprint density at radius 1 is 1.28 bits per heavy atom. The second-order valence-electron chi connectivity index (χ2n) is 8.60. The summed E-state index contributed by atoms with van der Waals surface area (Å²) in [6.07, 6.45) is 4.72. The van der Waals surface area contributed by atoms with Crippen molar-refractivity contribution in [3.05, 3.63) is 18.3 Å². The van der Waals surface area contributed by atoms with Crippen LogP contribution in [0.4, 0.5) is 16.4 Å². The number of fused-ring (bicyclic) bond motifs is 1. The Labute approximate surface area is 170 Å². The van der Waals surface area contributed by atoms with Gasteiger partial charge in [-0.3, -0.25) is 9.69 Å². The zero-order valence-corrected chi connectivity index (χ0v) is 17.2. The fraction of sp³-hybridized carbons (Fsp3) is 0.600. The van der Waals surface area contributed by atoms with Gasteiger partial charge in [-0.1, -0.05) is 0 Å². The normalized spacial score (nSPS) is 20.0. The van der Waals surface area contributed by atoms with E-state index in [2.05, 4.69) is 15.4 Å². The molecular weight excluding hydrogens is 372 g/mol. The summed E-state index contributed by atoms with van der Waals surface area (Å²) in [5.74, 6) is 1.48. The average molecular weight is 400 g/mol. The van der Waals surface area contributed by atoms with E-state index in [-0.39, 0.29) is 18.0 Å². The molecule has 4 heterocycles. The van der Waals surface area contributed by atoms with E-state index in [1.54, 1.807) is 20.5 Å². The van der Waals surface area contributed by atoms with Crippen molar-refractivity contribution >= 4 is 29.3 Å². The first kappa shape index (κ1) is 19.5. The molecule has 9 nitrogen and oxygen atoms in total. The van der Waals surface area contributed by atoms with E-state index in [1.165, 1.54) is 0 Å². The lowest BCUT2D eigenvalue weighted by atomic mass is 10.2. The number of amides is 2. The minimum Gasteiger partial charge on any atom is -0.444 e. The number of imidazole rings is 1. The van der Waals surface area contributed by atoms with E-state index in [0.29, 0.717) is 43.3 Å². The van der Waals surface area contributed by atoms with Crippen LogP contribution >= 0.6 is 0 Å². The molecule has 2 aromatic heterocycles. The summed E-state index contributed by atoms with van der Waals surface area (Å²) in [7, 11) is 0. The number of ether oxygens (including phenoxy) is 1. The van der Waals surface area contributed by atoms with Crippen LogP contribution < -0.4 is 10.2 Å². The van der Waals surface area contributed by atoms with Crippen molar-refractivity contribution in [1.82, 2.24) is 19.5 Å². The van der Waals surface area contributed by atoms with E-state index < -0.39 is 5.60 Å².